The Kier molecular flexibility index (Phi) is 4.35. The van der Waals surface area contributed by atoms with Gasteiger partial charge in [0.25, 0.3) is 0 Å². The summed E-state index contributed by atoms with van der Waals surface area (Å²) in [6.07, 6.45) is 2.26. The summed E-state index contributed by atoms with van der Waals surface area (Å²) < 4.78 is 10.8. The van der Waals surface area contributed by atoms with Crippen molar-refractivity contribution in [3.8, 4) is 11.3 Å². The summed E-state index contributed by atoms with van der Waals surface area (Å²) in [5.41, 5.74) is 1.75. The summed E-state index contributed by atoms with van der Waals surface area (Å²) in [6, 6.07) is 9.93. The smallest absolute Gasteiger partial charge is 0.168 e. The summed E-state index contributed by atoms with van der Waals surface area (Å²) in [7, 11) is 0. The summed E-state index contributed by atoms with van der Waals surface area (Å²) in [4.78, 5) is 0. The largest absolute Gasteiger partial charge is 0.380 e. The second-order valence-corrected chi connectivity index (χ2v) is 5.36. The lowest BCUT2D eigenvalue weighted by Gasteiger charge is -2.22. The van der Waals surface area contributed by atoms with Crippen molar-refractivity contribution in [2.75, 3.05) is 13.2 Å². The predicted octanol–water partition coefficient (Wildman–Crippen LogP) is 3.26. The van der Waals surface area contributed by atoms with Gasteiger partial charge in [0.15, 0.2) is 5.76 Å². The molecule has 0 unspecified atom stereocenters. The molecule has 3 rings (SSSR count). The lowest BCUT2D eigenvalue weighted by molar-refractivity contribution is 0.0697. The number of hydrogen-bond acceptors (Lipinski definition) is 4. The Balaban J connectivity index is 1.63. The van der Waals surface area contributed by atoms with Gasteiger partial charge in [-0.2, -0.15) is 0 Å². The van der Waals surface area contributed by atoms with Crippen LogP contribution in [0.4, 0.5) is 0 Å². The zero-order valence-corrected chi connectivity index (χ0v) is 11.9. The van der Waals surface area contributed by atoms with Crippen LogP contribution in [-0.2, 0) is 11.3 Å². The van der Waals surface area contributed by atoms with Gasteiger partial charge < -0.3 is 14.6 Å². The Morgan fingerprint density at radius 3 is 3.05 bits per heavy atom. The van der Waals surface area contributed by atoms with Crippen molar-refractivity contribution in [1.29, 1.82) is 0 Å². The van der Waals surface area contributed by atoms with Gasteiger partial charge >= 0.3 is 0 Å². The van der Waals surface area contributed by atoms with E-state index in [4.69, 9.17) is 20.9 Å². The van der Waals surface area contributed by atoms with E-state index in [1.54, 1.807) is 0 Å². The molecule has 0 aliphatic carbocycles. The fourth-order valence-corrected chi connectivity index (χ4v) is 2.56. The van der Waals surface area contributed by atoms with Crippen LogP contribution in [0.1, 0.15) is 18.5 Å². The van der Waals surface area contributed by atoms with Gasteiger partial charge in [0.05, 0.1) is 17.3 Å². The molecule has 4 nitrogen and oxygen atoms in total. The molecule has 106 valence electrons. The van der Waals surface area contributed by atoms with Gasteiger partial charge in [0, 0.05) is 30.8 Å². The molecule has 0 spiro atoms. The third-order valence-corrected chi connectivity index (χ3v) is 3.76. The van der Waals surface area contributed by atoms with E-state index in [2.05, 4.69) is 10.5 Å². The number of rotatable bonds is 4. The molecule has 20 heavy (non-hydrogen) atoms. The molecule has 1 atom stereocenters. The highest BCUT2D eigenvalue weighted by Crippen LogP contribution is 2.27. The predicted molar refractivity (Wildman–Crippen MR) is 77.6 cm³/mol. The van der Waals surface area contributed by atoms with Crippen LogP contribution in [0.2, 0.25) is 5.02 Å². The van der Waals surface area contributed by atoms with E-state index in [1.807, 2.05) is 30.3 Å². The lowest BCUT2D eigenvalue weighted by atomic mass is 10.1. The standard InChI is InChI=1S/C15H17ClN2O2/c16-14-6-2-1-5-13(14)15-8-12(18-20-15)9-17-11-4-3-7-19-10-11/h1-2,5-6,8,11,17H,3-4,7,9-10H2/t11-/m1/s1. The number of benzene rings is 1. The van der Waals surface area contributed by atoms with E-state index in [0.29, 0.717) is 23.4 Å². The zero-order valence-electron chi connectivity index (χ0n) is 11.1. The lowest BCUT2D eigenvalue weighted by Crippen LogP contribution is -2.36. The molecule has 1 aromatic carbocycles. The van der Waals surface area contributed by atoms with Crippen molar-refractivity contribution in [3.05, 3.63) is 41.0 Å². The quantitative estimate of drug-likeness (QED) is 0.939. The molecule has 1 N–H and O–H groups in total. The molecule has 5 heteroatoms. The van der Waals surface area contributed by atoms with Gasteiger partial charge in [0.2, 0.25) is 0 Å². The molecule has 1 aliphatic heterocycles. The zero-order chi connectivity index (χ0) is 13.8. The molecule has 2 heterocycles. The highest BCUT2D eigenvalue weighted by Gasteiger charge is 2.14. The van der Waals surface area contributed by atoms with E-state index >= 15 is 0 Å². The molecular weight excluding hydrogens is 276 g/mol. The van der Waals surface area contributed by atoms with E-state index in [1.165, 1.54) is 0 Å². The van der Waals surface area contributed by atoms with Gasteiger partial charge in [-0.1, -0.05) is 28.9 Å². The molecule has 0 radical (unpaired) electrons. The SMILES string of the molecule is Clc1ccccc1-c1cc(CN[C@@H]2CCCOC2)no1. The van der Waals surface area contributed by atoms with Crippen molar-refractivity contribution < 1.29 is 9.26 Å². The Bertz CT molecular complexity index is 565. The van der Waals surface area contributed by atoms with Gasteiger partial charge in [0.1, 0.15) is 0 Å². The van der Waals surface area contributed by atoms with E-state index in [-0.39, 0.29) is 0 Å². The average Bonchev–Trinajstić information content (AvgIpc) is 2.95. The monoisotopic (exact) mass is 292 g/mol. The van der Waals surface area contributed by atoms with Crippen molar-refractivity contribution >= 4 is 11.6 Å². The maximum absolute atomic E-state index is 6.15. The summed E-state index contributed by atoms with van der Waals surface area (Å²) in [5, 5.41) is 8.19. The highest BCUT2D eigenvalue weighted by molar-refractivity contribution is 6.33. The minimum Gasteiger partial charge on any atom is -0.380 e. The first-order valence-electron chi connectivity index (χ1n) is 6.84. The first kappa shape index (κ1) is 13.6. The van der Waals surface area contributed by atoms with Crippen LogP contribution >= 0.6 is 11.6 Å². The van der Waals surface area contributed by atoms with Crippen LogP contribution in [0, 0.1) is 0 Å². The van der Waals surface area contributed by atoms with Gasteiger partial charge in [-0.3, -0.25) is 0 Å². The molecule has 1 aliphatic rings. The molecule has 0 saturated carbocycles. The molecule has 0 bridgehead atoms. The maximum atomic E-state index is 6.15. The van der Waals surface area contributed by atoms with Crippen molar-refractivity contribution in [2.24, 2.45) is 0 Å². The normalized spacial score (nSPS) is 19.1. The Morgan fingerprint density at radius 1 is 1.35 bits per heavy atom. The Morgan fingerprint density at radius 2 is 2.25 bits per heavy atom. The number of nitrogens with one attached hydrogen (secondary N) is 1. The van der Waals surface area contributed by atoms with Crippen LogP contribution in [-0.4, -0.2) is 24.4 Å². The van der Waals surface area contributed by atoms with Crippen molar-refractivity contribution in [1.82, 2.24) is 10.5 Å². The first-order chi connectivity index (χ1) is 9.83. The summed E-state index contributed by atoms with van der Waals surface area (Å²) in [5.74, 6) is 0.701. The third kappa shape index (κ3) is 3.20. The van der Waals surface area contributed by atoms with E-state index in [0.717, 1.165) is 37.3 Å². The Hall–Kier alpha value is -1.36. The summed E-state index contributed by atoms with van der Waals surface area (Å²) >= 11 is 6.15. The fourth-order valence-electron chi connectivity index (χ4n) is 2.33. The highest BCUT2D eigenvalue weighted by atomic mass is 35.5. The fraction of sp³-hybridized carbons (Fsp3) is 0.400. The molecule has 1 aromatic heterocycles. The maximum Gasteiger partial charge on any atom is 0.168 e. The van der Waals surface area contributed by atoms with E-state index < -0.39 is 0 Å². The van der Waals surface area contributed by atoms with E-state index in [9.17, 15) is 0 Å². The van der Waals surface area contributed by atoms with Crippen LogP contribution < -0.4 is 5.32 Å². The number of hydrogen-bond donors (Lipinski definition) is 1. The van der Waals surface area contributed by atoms with Crippen LogP contribution in [0.3, 0.4) is 0 Å². The van der Waals surface area contributed by atoms with Crippen molar-refractivity contribution in [3.63, 3.8) is 0 Å². The molecule has 2 aromatic rings. The van der Waals surface area contributed by atoms with Crippen LogP contribution in [0.15, 0.2) is 34.9 Å². The molecule has 1 saturated heterocycles. The topological polar surface area (TPSA) is 47.3 Å². The summed E-state index contributed by atoms with van der Waals surface area (Å²) in [6.45, 7) is 2.33. The second kappa shape index (κ2) is 6.39. The molecule has 0 amide bonds. The molecule has 1 fully saturated rings. The average molecular weight is 293 g/mol. The first-order valence-corrected chi connectivity index (χ1v) is 7.22. The van der Waals surface area contributed by atoms with Crippen LogP contribution in [0.25, 0.3) is 11.3 Å². The second-order valence-electron chi connectivity index (χ2n) is 4.96. The number of ether oxygens (including phenoxy) is 1. The molecular formula is C15H17ClN2O2. The Labute approximate surface area is 123 Å². The van der Waals surface area contributed by atoms with Gasteiger partial charge in [-0.25, -0.2) is 0 Å². The number of halogens is 1. The minimum atomic E-state index is 0.407. The number of nitrogens with zero attached hydrogens (tertiary/aromatic N) is 1. The minimum absolute atomic E-state index is 0.407. The number of aromatic nitrogens is 1. The van der Waals surface area contributed by atoms with Gasteiger partial charge in [-0.15, -0.1) is 0 Å². The van der Waals surface area contributed by atoms with Gasteiger partial charge in [-0.05, 0) is 25.0 Å². The van der Waals surface area contributed by atoms with Crippen molar-refractivity contribution in [2.45, 2.75) is 25.4 Å². The van der Waals surface area contributed by atoms with Crippen LogP contribution in [0.5, 0.6) is 0 Å². The third-order valence-electron chi connectivity index (χ3n) is 3.43.